The first-order chi connectivity index (χ1) is 6.97. The van der Waals surface area contributed by atoms with Crippen LogP contribution in [0.3, 0.4) is 0 Å². The van der Waals surface area contributed by atoms with Gasteiger partial charge in [-0.3, -0.25) is 4.98 Å². The predicted molar refractivity (Wildman–Crippen MR) is 67.8 cm³/mol. The molecule has 1 heterocycles. The third-order valence-corrected chi connectivity index (χ3v) is 4.30. The lowest BCUT2D eigenvalue weighted by Gasteiger charge is -2.01. The molecule has 1 aromatic rings. The van der Waals surface area contributed by atoms with E-state index < -0.39 is 9.84 Å². The van der Waals surface area contributed by atoms with Crippen molar-refractivity contribution in [3.8, 4) is 0 Å². The standard InChI is InChI=1S/C9H12BrNO2S2/c1-15(12,13)3-2-14-7-8-4-9(10)6-11-5-8/h4-6H,2-3,7H2,1H3. The molecule has 0 aliphatic heterocycles. The van der Waals surface area contributed by atoms with E-state index in [4.69, 9.17) is 0 Å². The lowest BCUT2D eigenvalue weighted by atomic mass is 10.3. The van der Waals surface area contributed by atoms with Gasteiger partial charge in [0, 0.05) is 34.6 Å². The van der Waals surface area contributed by atoms with E-state index in [0.29, 0.717) is 5.75 Å². The molecule has 0 saturated heterocycles. The average Bonchev–Trinajstić information content (AvgIpc) is 2.11. The number of hydrogen-bond donors (Lipinski definition) is 0. The Bertz CT molecular complexity index is 420. The van der Waals surface area contributed by atoms with Crippen LogP contribution in [0, 0.1) is 0 Å². The van der Waals surface area contributed by atoms with Gasteiger partial charge < -0.3 is 0 Å². The highest BCUT2D eigenvalue weighted by molar-refractivity contribution is 9.10. The number of halogens is 1. The first kappa shape index (κ1) is 13.0. The summed E-state index contributed by atoms with van der Waals surface area (Å²) in [5.41, 5.74) is 1.10. The molecule has 1 rings (SSSR count). The summed E-state index contributed by atoms with van der Waals surface area (Å²) in [6.07, 6.45) is 4.77. The first-order valence-electron chi connectivity index (χ1n) is 4.32. The minimum atomic E-state index is -2.83. The zero-order chi connectivity index (χ0) is 11.3. The van der Waals surface area contributed by atoms with Gasteiger partial charge in [0.15, 0.2) is 0 Å². The zero-order valence-electron chi connectivity index (χ0n) is 8.31. The number of nitrogens with zero attached hydrogens (tertiary/aromatic N) is 1. The van der Waals surface area contributed by atoms with Gasteiger partial charge in [0.1, 0.15) is 9.84 Å². The van der Waals surface area contributed by atoms with Crippen molar-refractivity contribution in [2.75, 3.05) is 17.8 Å². The van der Waals surface area contributed by atoms with Crippen LogP contribution < -0.4 is 0 Å². The lowest BCUT2D eigenvalue weighted by molar-refractivity contribution is 0.603. The van der Waals surface area contributed by atoms with Crippen molar-refractivity contribution >= 4 is 37.5 Å². The maximum absolute atomic E-state index is 10.9. The zero-order valence-corrected chi connectivity index (χ0v) is 11.5. The molecule has 1 aromatic heterocycles. The van der Waals surface area contributed by atoms with Crippen molar-refractivity contribution in [3.63, 3.8) is 0 Å². The van der Waals surface area contributed by atoms with Gasteiger partial charge in [0.05, 0.1) is 5.75 Å². The summed E-state index contributed by atoms with van der Waals surface area (Å²) in [4.78, 5) is 4.03. The molecule has 0 bridgehead atoms. The highest BCUT2D eigenvalue weighted by atomic mass is 79.9. The van der Waals surface area contributed by atoms with Crippen LogP contribution in [0.5, 0.6) is 0 Å². The molecule has 0 aromatic carbocycles. The molecule has 0 spiro atoms. The van der Waals surface area contributed by atoms with E-state index in [1.165, 1.54) is 6.26 Å². The fourth-order valence-electron chi connectivity index (χ4n) is 0.935. The number of pyridine rings is 1. The van der Waals surface area contributed by atoms with Crippen molar-refractivity contribution in [2.24, 2.45) is 0 Å². The molecular weight excluding hydrogens is 298 g/mol. The van der Waals surface area contributed by atoms with Gasteiger partial charge in [-0.25, -0.2) is 8.42 Å². The second kappa shape index (κ2) is 5.86. The molecule has 0 unspecified atom stereocenters. The van der Waals surface area contributed by atoms with Crippen LogP contribution in [0.4, 0.5) is 0 Å². The van der Waals surface area contributed by atoms with Crippen molar-refractivity contribution < 1.29 is 8.42 Å². The molecular formula is C9H12BrNO2S2. The normalized spacial score (nSPS) is 11.6. The Morgan fingerprint density at radius 2 is 2.20 bits per heavy atom. The van der Waals surface area contributed by atoms with Crippen LogP contribution >= 0.6 is 27.7 Å². The smallest absolute Gasteiger partial charge is 0.148 e. The number of thioether (sulfide) groups is 1. The van der Waals surface area contributed by atoms with Crippen LogP contribution in [0.1, 0.15) is 5.56 Å². The number of sulfone groups is 1. The third-order valence-electron chi connectivity index (χ3n) is 1.63. The van der Waals surface area contributed by atoms with E-state index in [0.717, 1.165) is 15.8 Å². The average molecular weight is 310 g/mol. The second-order valence-electron chi connectivity index (χ2n) is 3.19. The van der Waals surface area contributed by atoms with Gasteiger partial charge in [0.2, 0.25) is 0 Å². The van der Waals surface area contributed by atoms with E-state index in [1.807, 2.05) is 6.07 Å². The molecule has 6 heteroatoms. The lowest BCUT2D eigenvalue weighted by Crippen LogP contribution is -2.05. The molecule has 0 fully saturated rings. The molecule has 15 heavy (non-hydrogen) atoms. The van der Waals surface area contributed by atoms with Gasteiger partial charge in [-0.05, 0) is 27.6 Å². The Labute approximate surface area is 103 Å². The van der Waals surface area contributed by atoms with Gasteiger partial charge >= 0.3 is 0 Å². The van der Waals surface area contributed by atoms with Crippen LogP contribution in [0.25, 0.3) is 0 Å². The molecule has 0 aliphatic rings. The third kappa shape index (κ3) is 6.17. The number of hydrogen-bond acceptors (Lipinski definition) is 4. The molecule has 84 valence electrons. The van der Waals surface area contributed by atoms with E-state index in [-0.39, 0.29) is 5.75 Å². The molecule has 0 aliphatic carbocycles. The Kier molecular flexibility index (Phi) is 5.08. The molecule has 0 atom stereocenters. The summed E-state index contributed by atoms with van der Waals surface area (Å²) < 4.78 is 22.7. The van der Waals surface area contributed by atoms with Crippen LogP contribution in [-0.4, -0.2) is 31.2 Å². The molecule has 3 nitrogen and oxygen atoms in total. The number of aromatic nitrogens is 1. The summed E-state index contributed by atoms with van der Waals surface area (Å²) in [6, 6.07) is 1.99. The monoisotopic (exact) mass is 309 g/mol. The molecule has 0 radical (unpaired) electrons. The second-order valence-corrected chi connectivity index (χ2v) is 7.47. The Hall–Kier alpha value is -0.0700. The van der Waals surface area contributed by atoms with Gasteiger partial charge in [-0.2, -0.15) is 11.8 Å². The Balaban J connectivity index is 2.32. The van der Waals surface area contributed by atoms with Gasteiger partial charge in [-0.1, -0.05) is 0 Å². The van der Waals surface area contributed by atoms with E-state index in [1.54, 1.807) is 24.2 Å². The summed E-state index contributed by atoms with van der Waals surface area (Å²) in [5, 5.41) is 0. The fourth-order valence-corrected chi connectivity index (χ4v) is 3.57. The fraction of sp³-hybridized carbons (Fsp3) is 0.444. The highest BCUT2D eigenvalue weighted by Gasteiger charge is 2.02. The van der Waals surface area contributed by atoms with Crippen molar-refractivity contribution in [1.82, 2.24) is 4.98 Å². The number of rotatable bonds is 5. The minimum absolute atomic E-state index is 0.235. The summed E-state index contributed by atoms with van der Waals surface area (Å²) >= 11 is 4.94. The maximum Gasteiger partial charge on any atom is 0.148 e. The van der Waals surface area contributed by atoms with E-state index >= 15 is 0 Å². The molecule has 0 amide bonds. The van der Waals surface area contributed by atoms with Crippen LogP contribution in [-0.2, 0) is 15.6 Å². The van der Waals surface area contributed by atoms with Crippen molar-refractivity contribution in [1.29, 1.82) is 0 Å². The van der Waals surface area contributed by atoms with Crippen molar-refractivity contribution in [3.05, 3.63) is 28.5 Å². The predicted octanol–water partition coefficient (Wildman–Crippen LogP) is 2.12. The summed E-state index contributed by atoms with van der Waals surface area (Å²) in [6.45, 7) is 0. The highest BCUT2D eigenvalue weighted by Crippen LogP contribution is 2.15. The minimum Gasteiger partial charge on any atom is -0.263 e. The summed E-state index contributed by atoms with van der Waals surface area (Å²) in [7, 11) is -2.83. The molecule has 0 N–H and O–H groups in total. The Morgan fingerprint density at radius 1 is 1.47 bits per heavy atom. The van der Waals surface area contributed by atoms with E-state index in [9.17, 15) is 8.42 Å². The maximum atomic E-state index is 10.9. The van der Waals surface area contributed by atoms with E-state index in [2.05, 4.69) is 20.9 Å². The summed E-state index contributed by atoms with van der Waals surface area (Å²) in [5.74, 6) is 1.66. The SMILES string of the molecule is CS(=O)(=O)CCSCc1cncc(Br)c1. The topological polar surface area (TPSA) is 47.0 Å². The first-order valence-corrected chi connectivity index (χ1v) is 8.33. The van der Waals surface area contributed by atoms with Gasteiger partial charge in [-0.15, -0.1) is 0 Å². The Morgan fingerprint density at radius 3 is 2.80 bits per heavy atom. The quantitative estimate of drug-likeness (QED) is 0.782. The van der Waals surface area contributed by atoms with Gasteiger partial charge in [0.25, 0.3) is 0 Å². The molecule has 0 saturated carbocycles. The van der Waals surface area contributed by atoms with Crippen molar-refractivity contribution in [2.45, 2.75) is 5.75 Å². The van der Waals surface area contributed by atoms with Crippen LogP contribution in [0.15, 0.2) is 22.9 Å². The largest absolute Gasteiger partial charge is 0.263 e. The van der Waals surface area contributed by atoms with Crippen LogP contribution in [0.2, 0.25) is 0 Å².